The molecular weight excluding hydrogens is 520 g/mol. The van der Waals surface area contributed by atoms with Crippen molar-refractivity contribution in [2.24, 2.45) is 0 Å². The Morgan fingerprint density at radius 2 is 2.03 bits per heavy atom. The normalized spacial score (nSPS) is 18.6. The molecule has 3 heterocycles. The van der Waals surface area contributed by atoms with Crippen LogP contribution in [0.25, 0.3) is 0 Å². The third kappa shape index (κ3) is 5.28. The first-order valence-corrected chi connectivity index (χ1v) is 14.4. The second-order valence-electron chi connectivity index (χ2n) is 9.03. The smallest absolute Gasteiger partial charge is 0.263 e. The number of halogens is 1. The highest BCUT2D eigenvalue weighted by Crippen LogP contribution is 2.31. The van der Waals surface area contributed by atoms with Gasteiger partial charge in [0.15, 0.2) is 0 Å². The molecule has 1 saturated heterocycles. The quantitative estimate of drug-likeness (QED) is 0.462. The van der Waals surface area contributed by atoms with E-state index < -0.39 is 10.0 Å². The van der Waals surface area contributed by atoms with Crippen molar-refractivity contribution >= 4 is 55.6 Å². The number of amides is 1. The molecule has 2 atom stereocenters. The Kier molecular flexibility index (Phi) is 7.05. The van der Waals surface area contributed by atoms with Gasteiger partial charge in [0.05, 0.1) is 4.90 Å². The first-order chi connectivity index (χ1) is 17.3. The molecule has 0 radical (unpaired) electrons. The first kappa shape index (κ1) is 24.8. The number of nitrogens with zero attached hydrogens (tertiary/aromatic N) is 4. The summed E-state index contributed by atoms with van der Waals surface area (Å²) in [4.78, 5) is 21.5. The van der Waals surface area contributed by atoms with Gasteiger partial charge in [0.2, 0.25) is 11.0 Å². The topological polar surface area (TPSA) is 108 Å². The van der Waals surface area contributed by atoms with Gasteiger partial charge in [0, 0.05) is 55.0 Å². The van der Waals surface area contributed by atoms with E-state index in [-0.39, 0.29) is 29.4 Å². The van der Waals surface area contributed by atoms with Gasteiger partial charge in [-0.1, -0.05) is 11.6 Å². The highest BCUT2D eigenvalue weighted by Gasteiger charge is 2.30. The molecule has 2 N–H and O–H groups in total. The van der Waals surface area contributed by atoms with Crippen molar-refractivity contribution in [2.45, 2.75) is 43.2 Å². The van der Waals surface area contributed by atoms with Crippen molar-refractivity contribution in [1.29, 1.82) is 0 Å². The molecular formula is C24H29ClN6O3S2. The van der Waals surface area contributed by atoms with E-state index in [0.717, 1.165) is 60.3 Å². The van der Waals surface area contributed by atoms with Crippen molar-refractivity contribution in [1.82, 2.24) is 14.7 Å². The Labute approximate surface area is 221 Å². The summed E-state index contributed by atoms with van der Waals surface area (Å²) in [5.41, 5.74) is 3.18. The summed E-state index contributed by atoms with van der Waals surface area (Å²) >= 11 is 7.14. The Morgan fingerprint density at radius 1 is 1.22 bits per heavy atom. The van der Waals surface area contributed by atoms with Gasteiger partial charge in [-0.3, -0.25) is 9.52 Å². The first-order valence-electron chi connectivity index (χ1n) is 11.8. The van der Waals surface area contributed by atoms with E-state index in [0.29, 0.717) is 6.54 Å². The molecule has 2 aliphatic rings. The number of rotatable bonds is 7. The Balaban J connectivity index is 0.00000320. The van der Waals surface area contributed by atoms with E-state index >= 15 is 0 Å². The average molecular weight is 549 g/mol. The van der Waals surface area contributed by atoms with Gasteiger partial charge < -0.3 is 15.1 Å². The van der Waals surface area contributed by atoms with Gasteiger partial charge in [0.1, 0.15) is 12.4 Å². The van der Waals surface area contributed by atoms with Gasteiger partial charge >= 0.3 is 0 Å². The maximum absolute atomic E-state index is 13.1. The van der Waals surface area contributed by atoms with E-state index in [1.54, 1.807) is 24.3 Å². The number of carbonyl (C=O) groups excluding carboxylic acids is 1. The molecule has 192 valence electrons. The Bertz CT molecular complexity index is 1340. The number of benzene rings is 2. The fourth-order valence-electron chi connectivity index (χ4n) is 4.80. The minimum absolute atomic E-state index is 0. The number of carbonyl (C=O) groups is 1. The van der Waals surface area contributed by atoms with Crippen LogP contribution in [0.3, 0.4) is 0 Å². The van der Waals surface area contributed by atoms with Gasteiger partial charge in [0.25, 0.3) is 10.0 Å². The summed E-state index contributed by atoms with van der Waals surface area (Å²) in [5, 5.41) is 4.16. The van der Waals surface area contributed by atoms with Crippen LogP contribution in [0.15, 0.2) is 53.7 Å². The molecule has 0 spiro atoms. The zero-order valence-corrected chi connectivity index (χ0v) is 22.1. The fraction of sp³-hybridized carbons (Fsp3) is 0.375. The highest BCUT2D eigenvalue weighted by atomic mass is 35.5. The summed E-state index contributed by atoms with van der Waals surface area (Å²) in [5.74, 6) is 0.00819. The second kappa shape index (κ2) is 10.2. The molecule has 12 heteroatoms. The van der Waals surface area contributed by atoms with Crippen LogP contribution in [-0.2, 0) is 21.2 Å². The van der Waals surface area contributed by atoms with Crippen LogP contribution in [0.1, 0.15) is 26.8 Å². The average Bonchev–Trinajstić information content (AvgIpc) is 3.55. The van der Waals surface area contributed by atoms with E-state index in [1.807, 2.05) is 25.1 Å². The summed E-state index contributed by atoms with van der Waals surface area (Å²) < 4.78 is 31.3. The molecule has 2 aliphatic heterocycles. The minimum atomic E-state index is -3.72. The lowest BCUT2D eigenvalue weighted by Crippen LogP contribution is -2.50. The van der Waals surface area contributed by atoms with Crippen LogP contribution in [0, 0.1) is 0 Å². The molecule has 5 rings (SSSR count). The molecule has 0 saturated carbocycles. The van der Waals surface area contributed by atoms with E-state index in [1.165, 1.54) is 11.9 Å². The summed E-state index contributed by atoms with van der Waals surface area (Å²) in [6.07, 6.45) is 4.08. The summed E-state index contributed by atoms with van der Waals surface area (Å²) in [7, 11) is -3.72. The second-order valence-corrected chi connectivity index (χ2v) is 11.9. The number of hydrogen-bond donors (Lipinski definition) is 2. The Hall–Kier alpha value is -2.89. The van der Waals surface area contributed by atoms with Crippen LogP contribution in [0.4, 0.5) is 16.5 Å². The largest absolute Gasteiger partial charge is 0.369 e. The lowest BCUT2D eigenvalue weighted by atomic mass is 10.00. The van der Waals surface area contributed by atoms with Gasteiger partial charge in [-0.2, -0.15) is 4.37 Å². The number of hydrogen-bond acceptors (Lipinski definition) is 8. The summed E-state index contributed by atoms with van der Waals surface area (Å²) in [6.45, 7) is 4.23. The predicted octanol–water partition coefficient (Wildman–Crippen LogP) is 3.77. The lowest BCUT2D eigenvalue weighted by Gasteiger charge is -2.36. The van der Waals surface area contributed by atoms with Crippen molar-refractivity contribution in [3.05, 3.63) is 59.4 Å². The third-order valence-corrected chi connectivity index (χ3v) is 8.97. The van der Waals surface area contributed by atoms with Crippen LogP contribution < -0.4 is 19.8 Å². The molecule has 1 aromatic heterocycles. The molecule has 3 aromatic rings. The van der Waals surface area contributed by atoms with Gasteiger partial charge in [-0.05, 0) is 74.2 Å². The molecule has 36 heavy (non-hydrogen) atoms. The summed E-state index contributed by atoms with van der Waals surface area (Å²) in [6, 6.07) is 12.3. The molecule has 1 fully saturated rings. The molecule has 9 nitrogen and oxygen atoms in total. The van der Waals surface area contributed by atoms with Crippen LogP contribution >= 0.6 is 23.1 Å². The highest BCUT2D eigenvalue weighted by molar-refractivity contribution is 7.93. The van der Waals surface area contributed by atoms with Gasteiger partial charge in [-0.15, -0.1) is 0 Å². The molecule has 1 amide bonds. The number of anilines is 3. The third-order valence-electron chi connectivity index (χ3n) is 6.67. The lowest BCUT2D eigenvalue weighted by molar-refractivity contribution is -0.122. The minimum Gasteiger partial charge on any atom is -0.369 e. The fourth-order valence-corrected chi connectivity index (χ4v) is 6.66. The molecule has 0 bridgehead atoms. The maximum Gasteiger partial charge on any atom is 0.263 e. The van der Waals surface area contributed by atoms with Crippen molar-refractivity contribution in [3.63, 3.8) is 0 Å². The number of sulfonamides is 1. The predicted molar refractivity (Wildman–Crippen MR) is 145 cm³/mol. The monoisotopic (exact) mass is 548 g/mol. The standard InChI is InChI=1S/C24H27ClN6O3S2.H2/c1-16(31-11-2-3-17-13-18(25)4-9-22(17)31)23(32)28-19-10-12-30(14-19)20-5-7-21(8-6-20)36(33,34)29-24-26-15-27-35-24;/h4-9,13,15-16,19H,2-3,10-12,14H2,1H3,(H,28,32)(H,26,27,29);1H/t16-,19-;/m1./s1. The van der Waals surface area contributed by atoms with Gasteiger partial charge in [-0.25, -0.2) is 13.4 Å². The number of aromatic nitrogens is 2. The zero-order valence-electron chi connectivity index (χ0n) is 19.7. The molecule has 0 unspecified atom stereocenters. The van der Waals surface area contributed by atoms with E-state index in [9.17, 15) is 13.2 Å². The SMILES string of the molecule is C[C@H](C(=O)N[C@@H]1CCN(c2ccc(S(=O)(=O)Nc3ncns3)cc2)C1)N1CCCc2cc(Cl)ccc21.[HH]. The Morgan fingerprint density at radius 3 is 2.78 bits per heavy atom. The van der Waals surface area contributed by atoms with Crippen molar-refractivity contribution < 1.29 is 14.6 Å². The number of nitrogens with one attached hydrogen (secondary N) is 2. The zero-order chi connectivity index (χ0) is 25.3. The van der Waals surface area contributed by atoms with E-state index in [2.05, 4.69) is 29.2 Å². The maximum atomic E-state index is 13.1. The molecule has 0 aliphatic carbocycles. The van der Waals surface area contributed by atoms with Crippen LogP contribution in [0.5, 0.6) is 0 Å². The number of fused-ring (bicyclic) bond motifs is 1. The van der Waals surface area contributed by atoms with Crippen LogP contribution in [-0.4, -0.2) is 55.4 Å². The van der Waals surface area contributed by atoms with Crippen molar-refractivity contribution in [3.8, 4) is 0 Å². The van der Waals surface area contributed by atoms with E-state index in [4.69, 9.17) is 11.6 Å². The number of aryl methyl sites for hydroxylation is 1. The van der Waals surface area contributed by atoms with Crippen molar-refractivity contribution in [2.75, 3.05) is 34.2 Å². The molecule has 2 aromatic carbocycles. The van der Waals surface area contributed by atoms with Crippen LogP contribution in [0.2, 0.25) is 5.02 Å².